The summed E-state index contributed by atoms with van der Waals surface area (Å²) in [5.41, 5.74) is 0.882. The number of aliphatic hydroxyl groups is 1. The lowest BCUT2D eigenvalue weighted by Gasteiger charge is -2.07. The maximum atomic E-state index is 9.54. The molecule has 2 rings (SSSR count). The monoisotopic (exact) mass is 371 g/mol. The SMILES string of the molecule is COc1cc(CO)c([I+]c2ccccc2)c(OC)c1. The molecule has 0 heterocycles. The Morgan fingerprint density at radius 3 is 2.37 bits per heavy atom. The quantitative estimate of drug-likeness (QED) is 0.709. The fraction of sp³-hybridized carbons (Fsp3) is 0.200. The summed E-state index contributed by atoms with van der Waals surface area (Å²) >= 11 is -0.386. The number of rotatable bonds is 5. The molecule has 0 aliphatic heterocycles. The molecule has 2 aromatic rings. The van der Waals surface area contributed by atoms with Gasteiger partial charge < -0.3 is 14.6 Å². The summed E-state index contributed by atoms with van der Waals surface area (Å²) in [6, 6.07) is 14.0. The highest BCUT2D eigenvalue weighted by molar-refractivity contribution is 5.37. The van der Waals surface area contributed by atoms with E-state index in [1.54, 1.807) is 14.2 Å². The molecule has 0 aromatic heterocycles. The number of methoxy groups -OCH3 is 2. The average Bonchev–Trinajstić information content (AvgIpc) is 2.48. The molecule has 100 valence electrons. The molecule has 0 saturated heterocycles. The number of benzene rings is 2. The third kappa shape index (κ3) is 3.39. The van der Waals surface area contributed by atoms with Crippen LogP contribution in [0.1, 0.15) is 5.56 Å². The maximum absolute atomic E-state index is 9.54. The van der Waals surface area contributed by atoms with Gasteiger partial charge in [-0.25, -0.2) is 0 Å². The minimum Gasteiger partial charge on any atom is -0.497 e. The summed E-state index contributed by atoms with van der Waals surface area (Å²) in [7, 11) is 3.26. The van der Waals surface area contributed by atoms with E-state index in [9.17, 15) is 5.11 Å². The van der Waals surface area contributed by atoms with Crippen molar-refractivity contribution in [3.63, 3.8) is 0 Å². The predicted octanol–water partition coefficient (Wildman–Crippen LogP) is -0.675. The highest BCUT2D eigenvalue weighted by atomic mass is 127. The number of hydrogen-bond acceptors (Lipinski definition) is 3. The molecule has 0 amide bonds. The van der Waals surface area contributed by atoms with E-state index in [1.807, 2.05) is 30.3 Å². The Kier molecular flexibility index (Phi) is 5.04. The molecular weight excluding hydrogens is 355 g/mol. The van der Waals surface area contributed by atoms with Gasteiger partial charge in [0.15, 0.2) is 9.32 Å². The average molecular weight is 371 g/mol. The van der Waals surface area contributed by atoms with Gasteiger partial charge in [-0.15, -0.1) is 0 Å². The normalized spacial score (nSPS) is 10.3. The summed E-state index contributed by atoms with van der Waals surface area (Å²) in [5.74, 6) is 1.50. The van der Waals surface area contributed by atoms with Crippen molar-refractivity contribution in [2.24, 2.45) is 0 Å². The van der Waals surface area contributed by atoms with E-state index in [0.717, 1.165) is 14.9 Å². The van der Waals surface area contributed by atoms with Gasteiger partial charge in [-0.05, 0) is 18.2 Å². The van der Waals surface area contributed by atoms with Crippen molar-refractivity contribution in [3.8, 4) is 11.5 Å². The van der Waals surface area contributed by atoms with E-state index >= 15 is 0 Å². The molecule has 4 heteroatoms. The highest BCUT2D eigenvalue weighted by Gasteiger charge is 2.26. The van der Waals surface area contributed by atoms with Crippen LogP contribution in [-0.4, -0.2) is 19.3 Å². The lowest BCUT2D eigenvalue weighted by Crippen LogP contribution is -3.61. The van der Waals surface area contributed by atoms with Gasteiger partial charge in [0.05, 0.1) is 20.8 Å². The summed E-state index contributed by atoms with van der Waals surface area (Å²) in [4.78, 5) is 0. The van der Waals surface area contributed by atoms with Crippen LogP contribution in [-0.2, 0) is 6.61 Å². The Morgan fingerprint density at radius 2 is 1.79 bits per heavy atom. The van der Waals surface area contributed by atoms with Crippen molar-refractivity contribution < 1.29 is 35.8 Å². The summed E-state index contributed by atoms with van der Waals surface area (Å²) < 4.78 is 13.1. The second-order valence-electron chi connectivity index (χ2n) is 3.85. The van der Waals surface area contributed by atoms with E-state index in [1.165, 1.54) is 3.57 Å². The molecule has 0 saturated carbocycles. The fourth-order valence-electron chi connectivity index (χ4n) is 1.70. The van der Waals surface area contributed by atoms with Crippen LogP contribution >= 0.6 is 0 Å². The van der Waals surface area contributed by atoms with Crippen molar-refractivity contribution in [3.05, 3.63) is 55.2 Å². The van der Waals surface area contributed by atoms with Gasteiger partial charge in [-0.2, -0.15) is 0 Å². The van der Waals surface area contributed by atoms with E-state index in [4.69, 9.17) is 9.47 Å². The predicted molar refractivity (Wildman–Crippen MR) is 69.3 cm³/mol. The zero-order valence-corrected chi connectivity index (χ0v) is 13.0. The largest absolute Gasteiger partial charge is 0.497 e. The summed E-state index contributed by atoms with van der Waals surface area (Å²) in [6.45, 7) is -0.00452. The maximum Gasteiger partial charge on any atom is 0.362 e. The van der Waals surface area contributed by atoms with Gasteiger partial charge in [-0.3, -0.25) is 0 Å². The number of halogens is 1. The number of aliphatic hydroxyl groups excluding tert-OH is 1. The zero-order chi connectivity index (χ0) is 13.7. The lowest BCUT2D eigenvalue weighted by molar-refractivity contribution is -0.599. The molecule has 2 aromatic carbocycles. The third-order valence-corrected chi connectivity index (χ3v) is 5.76. The summed E-state index contributed by atoms with van der Waals surface area (Å²) in [6.07, 6.45) is 0. The first-order chi connectivity index (χ1) is 9.28. The van der Waals surface area contributed by atoms with Gasteiger partial charge in [-0.1, -0.05) is 18.2 Å². The molecular formula is C15H16IO3+. The molecule has 0 unspecified atom stereocenters. The van der Waals surface area contributed by atoms with Crippen molar-refractivity contribution in [2.45, 2.75) is 6.61 Å². The minimum atomic E-state index is -0.386. The Balaban J connectivity index is 2.42. The lowest BCUT2D eigenvalue weighted by atomic mass is 10.2. The van der Waals surface area contributed by atoms with Crippen LogP contribution < -0.4 is 30.7 Å². The topological polar surface area (TPSA) is 38.7 Å². The molecule has 0 aliphatic carbocycles. The Labute approximate surface area is 123 Å². The van der Waals surface area contributed by atoms with Gasteiger partial charge in [0.2, 0.25) is 3.57 Å². The number of ether oxygens (including phenoxy) is 2. The molecule has 19 heavy (non-hydrogen) atoms. The standard InChI is InChI=1S/C15H16IO3/c1-18-13-8-11(10-17)15(14(9-13)19-2)16-12-6-4-3-5-7-12/h3-9,17H,10H2,1-2H3/q+1. The highest BCUT2D eigenvalue weighted by Crippen LogP contribution is 2.22. The second-order valence-corrected chi connectivity index (χ2v) is 6.71. The first kappa shape index (κ1) is 14.1. The van der Waals surface area contributed by atoms with Crippen molar-refractivity contribution >= 4 is 0 Å². The van der Waals surface area contributed by atoms with Crippen LogP contribution in [0.3, 0.4) is 0 Å². The van der Waals surface area contributed by atoms with Crippen LogP contribution in [0.2, 0.25) is 0 Å². The smallest absolute Gasteiger partial charge is 0.362 e. The van der Waals surface area contributed by atoms with Crippen molar-refractivity contribution in [1.82, 2.24) is 0 Å². The van der Waals surface area contributed by atoms with E-state index in [-0.39, 0.29) is 27.8 Å². The fourth-order valence-corrected chi connectivity index (χ4v) is 4.42. The molecule has 1 N–H and O–H groups in total. The van der Waals surface area contributed by atoms with Gasteiger partial charge in [0, 0.05) is 11.6 Å². The van der Waals surface area contributed by atoms with Crippen LogP contribution in [0.5, 0.6) is 11.5 Å². The Morgan fingerprint density at radius 1 is 1.05 bits per heavy atom. The van der Waals surface area contributed by atoms with Crippen LogP contribution in [0, 0.1) is 7.14 Å². The molecule has 0 bridgehead atoms. The van der Waals surface area contributed by atoms with Gasteiger partial charge >= 0.3 is 21.2 Å². The molecule has 0 radical (unpaired) electrons. The van der Waals surface area contributed by atoms with Crippen LogP contribution in [0.15, 0.2) is 42.5 Å². The zero-order valence-electron chi connectivity index (χ0n) is 10.9. The van der Waals surface area contributed by atoms with E-state index < -0.39 is 0 Å². The minimum absolute atomic E-state index is 0.00452. The third-order valence-electron chi connectivity index (χ3n) is 2.65. The second kappa shape index (κ2) is 6.77. The molecule has 0 fully saturated rings. The first-order valence-corrected chi connectivity index (χ1v) is 8.00. The molecule has 0 spiro atoms. The van der Waals surface area contributed by atoms with Crippen LogP contribution in [0.25, 0.3) is 0 Å². The molecule has 3 nitrogen and oxygen atoms in total. The Bertz CT molecular complexity index is 515. The number of hydrogen-bond donors (Lipinski definition) is 1. The van der Waals surface area contributed by atoms with E-state index in [0.29, 0.717) is 5.75 Å². The van der Waals surface area contributed by atoms with Crippen molar-refractivity contribution in [1.29, 1.82) is 0 Å². The first-order valence-electron chi connectivity index (χ1n) is 5.84. The Hall–Kier alpha value is -1.27. The van der Waals surface area contributed by atoms with Crippen LogP contribution in [0.4, 0.5) is 0 Å². The van der Waals surface area contributed by atoms with Gasteiger partial charge in [0.25, 0.3) is 0 Å². The molecule has 0 atom stereocenters. The van der Waals surface area contributed by atoms with E-state index in [2.05, 4.69) is 12.1 Å². The van der Waals surface area contributed by atoms with Crippen molar-refractivity contribution in [2.75, 3.05) is 14.2 Å². The van der Waals surface area contributed by atoms with Gasteiger partial charge in [0.1, 0.15) is 5.75 Å². The summed E-state index contributed by atoms with van der Waals surface area (Å²) in [5, 5.41) is 9.54. The molecule has 0 aliphatic rings.